The van der Waals surface area contributed by atoms with Gasteiger partial charge in [-0.05, 0) is 67.0 Å². The molecule has 4 N–H and O–H groups in total. The number of nitrogens with two attached hydrogens (primary N) is 1. The number of rotatable bonds is 6. The molecule has 2 aromatic heterocycles. The largest absolute Gasteiger partial charge is 0.375 e. The summed E-state index contributed by atoms with van der Waals surface area (Å²) >= 11 is 10.8. The molecule has 1 saturated carbocycles. The molecule has 1 atom stereocenters. The number of aromatic nitrogens is 3. The van der Waals surface area contributed by atoms with Crippen LogP contribution in [0.4, 0.5) is 0 Å². The minimum Gasteiger partial charge on any atom is -0.375 e. The van der Waals surface area contributed by atoms with Crippen LogP contribution in [0.3, 0.4) is 0 Å². The van der Waals surface area contributed by atoms with Gasteiger partial charge < -0.3 is 16.0 Å². The second-order valence-corrected chi connectivity index (χ2v) is 7.64. The van der Waals surface area contributed by atoms with Gasteiger partial charge in [0.15, 0.2) is 15.5 Å². The quantitative estimate of drug-likeness (QED) is 0.320. The average Bonchev–Trinajstić information content (AvgIpc) is 3.50. The van der Waals surface area contributed by atoms with E-state index in [2.05, 4.69) is 15.3 Å². The van der Waals surface area contributed by atoms with Crippen LogP contribution in [0.25, 0.3) is 17.2 Å². The molecule has 148 valence electrons. The molecule has 0 aliphatic heterocycles. The number of amides is 1. The van der Waals surface area contributed by atoms with Gasteiger partial charge in [0.1, 0.15) is 11.7 Å². The average molecular weight is 425 g/mol. The van der Waals surface area contributed by atoms with E-state index in [1.807, 2.05) is 42.5 Å². The normalized spacial score (nSPS) is 14.8. The molecule has 29 heavy (non-hydrogen) atoms. The Kier molecular flexibility index (Phi) is 5.41. The van der Waals surface area contributed by atoms with Gasteiger partial charge in [0.25, 0.3) is 0 Å². The first-order valence-electron chi connectivity index (χ1n) is 9.23. The summed E-state index contributed by atoms with van der Waals surface area (Å²) in [6.45, 7) is 0. The van der Waals surface area contributed by atoms with Crippen LogP contribution in [0.2, 0.25) is 0 Å². The fourth-order valence-corrected chi connectivity index (χ4v) is 3.70. The van der Waals surface area contributed by atoms with E-state index in [1.165, 1.54) is 6.08 Å². The second kappa shape index (κ2) is 8.14. The second-order valence-electron chi connectivity index (χ2n) is 6.83. The van der Waals surface area contributed by atoms with Crippen molar-refractivity contribution in [2.75, 3.05) is 5.01 Å². The number of carbonyl (C=O) groups excluding carboxylic acids is 1. The Morgan fingerprint density at radius 2 is 2.07 bits per heavy atom. The van der Waals surface area contributed by atoms with Crippen molar-refractivity contribution >= 4 is 52.7 Å². The predicted molar refractivity (Wildman–Crippen MR) is 120 cm³/mol. The van der Waals surface area contributed by atoms with Gasteiger partial charge in [0.2, 0.25) is 5.91 Å². The first kappa shape index (κ1) is 19.3. The molecule has 1 amide bonds. The molecule has 3 aromatic rings. The van der Waals surface area contributed by atoms with E-state index in [0.717, 1.165) is 23.9 Å². The molecule has 0 saturated heterocycles. The first-order chi connectivity index (χ1) is 14.0. The SMILES string of the molecule is NC(=S)N(C(NC(=O)/C=C/c1ccccc1)C1CC1)n1c(=S)[nH]c2ncccc21. The standard InChI is InChI=1S/C20H20N6OS2/c21-19(28)26(25-15-7-4-12-22-17(15)24-20(25)29)18(14-9-10-14)23-16(27)11-8-13-5-2-1-3-6-13/h1-8,11-12,14,18H,9-10H2,(H2,21,28)(H,23,27)(H,22,24,29)/b11-8+. The van der Waals surface area contributed by atoms with Crippen molar-refractivity contribution in [1.82, 2.24) is 20.0 Å². The zero-order valence-corrected chi connectivity index (χ0v) is 17.1. The van der Waals surface area contributed by atoms with Crippen LogP contribution in [0, 0.1) is 10.7 Å². The van der Waals surface area contributed by atoms with Crippen molar-refractivity contribution in [3.05, 3.63) is 65.1 Å². The Balaban J connectivity index is 1.64. The molecule has 1 aliphatic rings. The molecular formula is C20H20N6OS2. The number of fused-ring (bicyclic) bond motifs is 1. The van der Waals surface area contributed by atoms with E-state index in [0.29, 0.717) is 10.4 Å². The number of nitrogens with zero attached hydrogens (tertiary/aromatic N) is 3. The molecule has 1 aliphatic carbocycles. The maximum atomic E-state index is 12.6. The van der Waals surface area contributed by atoms with Gasteiger partial charge in [-0.1, -0.05) is 30.3 Å². The van der Waals surface area contributed by atoms with Crippen molar-refractivity contribution in [1.29, 1.82) is 0 Å². The third-order valence-electron chi connectivity index (χ3n) is 4.72. The fourth-order valence-electron chi connectivity index (χ4n) is 3.22. The summed E-state index contributed by atoms with van der Waals surface area (Å²) in [6.07, 6.45) is 6.49. The lowest BCUT2D eigenvalue weighted by atomic mass is 10.2. The third kappa shape index (κ3) is 4.20. The zero-order valence-electron chi connectivity index (χ0n) is 15.5. The summed E-state index contributed by atoms with van der Waals surface area (Å²) < 4.78 is 2.12. The van der Waals surface area contributed by atoms with Gasteiger partial charge in [-0.25, -0.2) is 14.7 Å². The van der Waals surface area contributed by atoms with Gasteiger partial charge >= 0.3 is 0 Å². The van der Waals surface area contributed by atoms with E-state index in [9.17, 15) is 4.79 Å². The molecule has 7 nitrogen and oxygen atoms in total. The van der Waals surface area contributed by atoms with E-state index in [4.69, 9.17) is 30.2 Å². The van der Waals surface area contributed by atoms with Crippen LogP contribution in [-0.2, 0) is 4.79 Å². The molecule has 0 radical (unpaired) electrons. The van der Waals surface area contributed by atoms with Gasteiger partial charge in [-0.3, -0.25) is 4.79 Å². The maximum absolute atomic E-state index is 12.6. The summed E-state index contributed by atoms with van der Waals surface area (Å²) in [5.41, 5.74) is 8.40. The number of imidazole rings is 1. The fraction of sp³-hybridized carbons (Fsp3) is 0.200. The Hall–Kier alpha value is -3.04. The molecule has 0 bridgehead atoms. The third-order valence-corrected chi connectivity index (χ3v) is 5.18. The van der Waals surface area contributed by atoms with Crippen LogP contribution in [-0.4, -0.2) is 31.8 Å². The highest BCUT2D eigenvalue weighted by Crippen LogP contribution is 2.34. The lowest BCUT2D eigenvalue weighted by Crippen LogP contribution is -2.59. The highest BCUT2D eigenvalue weighted by atomic mass is 32.1. The van der Waals surface area contributed by atoms with E-state index >= 15 is 0 Å². The molecule has 1 fully saturated rings. The minimum absolute atomic E-state index is 0.120. The smallest absolute Gasteiger partial charge is 0.245 e. The maximum Gasteiger partial charge on any atom is 0.245 e. The molecule has 4 rings (SSSR count). The number of thiocarbonyl (C=S) groups is 1. The number of carbonyl (C=O) groups is 1. The Morgan fingerprint density at radius 3 is 2.76 bits per heavy atom. The highest BCUT2D eigenvalue weighted by molar-refractivity contribution is 7.80. The van der Waals surface area contributed by atoms with Gasteiger partial charge in [0, 0.05) is 12.3 Å². The Morgan fingerprint density at radius 1 is 1.31 bits per heavy atom. The van der Waals surface area contributed by atoms with E-state index < -0.39 is 6.17 Å². The molecule has 1 unspecified atom stereocenters. The van der Waals surface area contributed by atoms with Crippen molar-refractivity contribution in [2.45, 2.75) is 19.0 Å². The Bertz CT molecular complexity index is 1130. The van der Waals surface area contributed by atoms with E-state index in [1.54, 1.807) is 22.0 Å². The van der Waals surface area contributed by atoms with Crippen molar-refractivity contribution < 1.29 is 4.79 Å². The van der Waals surface area contributed by atoms with Crippen LogP contribution in [0.15, 0.2) is 54.7 Å². The number of aromatic amines is 1. The van der Waals surface area contributed by atoms with Crippen molar-refractivity contribution in [3.63, 3.8) is 0 Å². The van der Waals surface area contributed by atoms with Crippen LogP contribution >= 0.6 is 24.4 Å². The number of H-pyrrole nitrogens is 1. The minimum atomic E-state index is -0.411. The predicted octanol–water partition coefficient (Wildman–Crippen LogP) is 2.84. The summed E-state index contributed by atoms with van der Waals surface area (Å²) in [7, 11) is 0. The molecule has 0 spiro atoms. The topological polar surface area (TPSA) is 92.0 Å². The number of benzene rings is 1. The summed E-state index contributed by atoms with van der Waals surface area (Å²) in [5.74, 6) is 0.00517. The summed E-state index contributed by atoms with van der Waals surface area (Å²) in [5, 5.41) is 4.83. The molecule has 2 heterocycles. The number of pyridine rings is 1. The van der Waals surface area contributed by atoms with E-state index in [-0.39, 0.29) is 16.9 Å². The zero-order chi connectivity index (χ0) is 20.4. The van der Waals surface area contributed by atoms with Gasteiger partial charge in [0.05, 0.1) is 0 Å². The van der Waals surface area contributed by atoms with Gasteiger partial charge in [-0.2, -0.15) is 0 Å². The van der Waals surface area contributed by atoms with Crippen LogP contribution in [0.1, 0.15) is 18.4 Å². The van der Waals surface area contributed by atoms with Crippen molar-refractivity contribution in [2.24, 2.45) is 11.7 Å². The van der Waals surface area contributed by atoms with Crippen LogP contribution < -0.4 is 16.1 Å². The number of hydrogen-bond acceptors (Lipinski definition) is 4. The van der Waals surface area contributed by atoms with Gasteiger partial charge in [-0.15, -0.1) is 0 Å². The highest BCUT2D eigenvalue weighted by Gasteiger charge is 2.38. The monoisotopic (exact) mass is 424 g/mol. The molecular weight excluding hydrogens is 404 g/mol. The lowest BCUT2D eigenvalue weighted by molar-refractivity contribution is -0.117. The Labute approximate surface area is 178 Å². The number of nitrogens with one attached hydrogen (secondary N) is 2. The van der Waals surface area contributed by atoms with Crippen LogP contribution in [0.5, 0.6) is 0 Å². The van der Waals surface area contributed by atoms with Crippen molar-refractivity contribution in [3.8, 4) is 0 Å². The number of hydrogen-bond donors (Lipinski definition) is 3. The first-order valence-corrected chi connectivity index (χ1v) is 10.0. The summed E-state index contributed by atoms with van der Waals surface area (Å²) in [4.78, 5) is 20.0. The molecule has 1 aromatic carbocycles. The lowest BCUT2D eigenvalue weighted by Gasteiger charge is -2.33. The summed E-state index contributed by atoms with van der Waals surface area (Å²) in [6, 6.07) is 13.3. The molecule has 9 heteroatoms.